The molecule has 0 aromatic carbocycles. The van der Waals surface area contributed by atoms with Gasteiger partial charge in [-0.15, -0.1) is 0 Å². The Bertz CT molecular complexity index is 341. The van der Waals surface area contributed by atoms with E-state index in [4.69, 9.17) is 5.73 Å². The van der Waals surface area contributed by atoms with Crippen LogP contribution < -0.4 is 5.73 Å². The topological polar surface area (TPSA) is 47.1 Å². The number of hydrogen-bond donors (Lipinski definition) is 1. The van der Waals surface area contributed by atoms with Gasteiger partial charge in [0.25, 0.3) is 0 Å². The van der Waals surface area contributed by atoms with Crippen LogP contribution >= 0.6 is 0 Å². The second kappa shape index (κ2) is 4.55. The number of nitrogens with two attached hydrogens (primary N) is 1. The summed E-state index contributed by atoms with van der Waals surface area (Å²) in [5.74, 6) is 0. The Kier molecular flexibility index (Phi) is 3.30. The molecule has 2 atom stereocenters. The summed E-state index contributed by atoms with van der Waals surface area (Å²) in [6, 6.07) is 1.13. The molecule has 0 amide bonds. The molecular formula is C12H22N4. The molecule has 2 unspecified atom stereocenters. The SMILES string of the molecule is CC(N)C(c1cnn(C)c1)N(C)C1CCC1. The van der Waals surface area contributed by atoms with Crippen molar-refractivity contribution in [2.45, 2.75) is 44.3 Å². The maximum absolute atomic E-state index is 6.12. The van der Waals surface area contributed by atoms with Crippen molar-refractivity contribution in [2.24, 2.45) is 12.8 Å². The van der Waals surface area contributed by atoms with Gasteiger partial charge in [0.2, 0.25) is 0 Å². The Labute approximate surface area is 97.4 Å². The first-order chi connectivity index (χ1) is 7.59. The van der Waals surface area contributed by atoms with Crippen LogP contribution in [0.25, 0.3) is 0 Å². The third-order valence-corrected chi connectivity index (χ3v) is 3.65. The number of hydrogen-bond acceptors (Lipinski definition) is 3. The van der Waals surface area contributed by atoms with Crippen LogP contribution in [0.3, 0.4) is 0 Å². The normalized spacial score (nSPS) is 20.8. The fourth-order valence-electron chi connectivity index (χ4n) is 2.52. The molecule has 1 aromatic heterocycles. The summed E-state index contributed by atoms with van der Waals surface area (Å²) in [4.78, 5) is 2.42. The first kappa shape index (κ1) is 11.6. The predicted octanol–water partition coefficient (Wildman–Crippen LogP) is 1.29. The Morgan fingerprint density at radius 3 is 2.62 bits per heavy atom. The molecule has 1 aliphatic carbocycles. The van der Waals surface area contributed by atoms with Crippen LogP contribution in [0.1, 0.15) is 37.8 Å². The highest BCUT2D eigenvalue weighted by Gasteiger charge is 2.31. The van der Waals surface area contributed by atoms with Crippen LogP contribution in [0.4, 0.5) is 0 Å². The van der Waals surface area contributed by atoms with Crippen molar-refractivity contribution in [3.63, 3.8) is 0 Å². The van der Waals surface area contributed by atoms with E-state index in [2.05, 4.69) is 30.2 Å². The molecule has 0 aliphatic heterocycles. The van der Waals surface area contributed by atoms with Gasteiger partial charge < -0.3 is 5.73 Å². The lowest BCUT2D eigenvalue weighted by Crippen LogP contribution is -2.45. The van der Waals surface area contributed by atoms with E-state index in [-0.39, 0.29) is 6.04 Å². The zero-order valence-electron chi connectivity index (χ0n) is 10.4. The molecule has 2 rings (SSSR count). The average molecular weight is 222 g/mol. The summed E-state index contributed by atoms with van der Waals surface area (Å²) in [6.07, 6.45) is 7.97. The monoisotopic (exact) mass is 222 g/mol. The van der Waals surface area contributed by atoms with Gasteiger partial charge in [-0.3, -0.25) is 9.58 Å². The highest BCUT2D eigenvalue weighted by Crippen LogP contribution is 2.31. The van der Waals surface area contributed by atoms with E-state index in [1.54, 1.807) is 0 Å². The van der Waals surface area contributed by atoms with Gasteiger partial charge in [0.15, 0.2) is 0 Å². The van der Waals surface area contributed by atoms with Gasteiger partial charge in [-0.2, -0.15) is 5.10 Å². The van der Waals surface area contributed by atoms with Crippen molar-refractivity contribution in [3.05, 3.63) is 18.0 Å². The van der Waals surface area contributed by atoms with Crippen molar-refractivity contribution in [1.82, 2.24) is 14.7 Å². The summed E-state index contributed by atoms with van der Waals surface area (Å²) in [6.45, 7) is 2.08. The Balaban J connectivity index is 2.16. The molecule has 4 heteroatoms. The van der Waals surface area contributed by atoms with E-state index in [9.17, 15) is 0 Å². The first-order valence-corrected chi connectivity index (χ1v) is 6.05. The first-order valence-electron chi connectivity index (χ1n) is 6.05. The largest absolute Gasteiger partial charge is 0.326 e. The highest BCUT2D eigenvalue weighted by atomic mass is 15.3. The van der Waals surface area contributed by atoms with E-state index in [1.165, 1.54) is 24.8 Å². The third kappa shape index (κ3) is 2.13. The summed E-state index contributed by atoms with van der Waals surface area (Å²) in [7, 11) is 4.13. The van der Waals surface area contributed by atoms with Gasteiger partial charge in [0, 0.05) is 30.9 Å². The summed E-state index contributed by atoms with van der Waals surface area (Å²) in [5, 5.41) is 4.24. The molecule has 1 heterocycles. The van der Waals surface area contributed by atoms with Crippen molar-refractivity contribution in [2.75, 3.05) is 7.05 Å². The van der Waals surface area contributed by atoms with Crippen molar-refractivity contribution in [1.29, 1.82) is 0 Å². The third-order valence-electron chi connectivity index (χ3n) is 3.65. The van der Waals surface area contributed by atoms with E-state index in [1.807, 2.05) is 17.9 Å². The van der Waals surface area contributed by atoms with Gasteiger partial charge in [-0.1, -0.05) is 6.42 Å². The molecule has 0 saturated heterocycles. The molecule has 4 nitrogen and oxygen atoms in total. The average Bonchev–Trinajstić information content (AvgIpc) is 2.47. The van der Waals surface area contributed by atoms with Gasteiger partial charge in [0.1, 0.15) is 0 Å². The van der Waals surface area contributed by atoms with Gasteiger partial charge in [-0.05, 0) is 26.8 Å². The lowest BCUT2D eigenvalue weighted by Gasteiger charge is -2.41. The van der Waals surface area contributed by atoms with Gasteiger partial charge in [-0.25, -0.2) is 0 Å². The minimum Gasteiger partial charge on any atom is -0.326 e. The molecule has 1 saturated carbocycles. The lowest BCUT2D eigenvalue weighted by molar-refractivity contribution is 0.0979. The van der Waals surface area contributed by atoms with Gasteiger partial charge >= 0.3 is 0 Å². The van der Waals surface area contributed by atoms with Gasteiger partial charge in [0.05, 0.1) is 12.2 Å². The zero-order chi connectivity index (χ0) is 11.7. The molecule has 16 heavy (non-hydrogen) atoms. The van der Waals surface area contributed by atoms with Crippen LogP contribution in [0.2, 0.25) is 0 Å². The zero-order valence-corrected chi connectivity index (χ0v) is 10.4. The Morgan fingerprint density at radius 1 is 1.56 bits per heavy atom. The minimum absolute atomic E-state index is 0.134. The molecule has 0 bridgehead atoms. The number of aromatic nitrogens is 2. The van der Waals surface area contributed by atoms with Crippen LogP contribution in [0.15, 0.2) is 12.4 Å². The second-order valence-electron chi connectivity index (χ2n) is 5.00. The summed E-state index contributed by atoms with van der Waals surface area (Å²) < 4.78 is 1.85. The maximum atomic E-state index is 6.12. The number of likely N-dealkylation sites (N-methyl/N-ethyl adjacent to an activating group) is 1. The quantitative estimate of drug-likeness (QED) is 0.835. The van der Waals surface area contributed by atoms with Crippen molar-refractivity contribution in [3.8, 4) is 0 Å². The van der Waals surface area contributed by atoms with E-state index < -0.39 is 0 Å². The van der Waals surface area contributed by atoms with E-state index >= 15 is 0 Å². The minimum atomic E-state index is 0.134. The molecule has 1 fully saturated rings. The van der Waals surface area contributed by atoms with Crippen LogP contribution in [0.5, 0.6) is 0 Å². The lowest BCUT2D eigenvalue weighted by atomic mass is 9.89. The molecule has 90 valence electrons. The molecule has 2 N–H and O–H groups in total. The van der Waals surface area contributed by atoms with Crippen molar-refractivity contribution >= 4 is 0 Å². The van der Waals surface area contributed by atoms with Crippen LogP contribution in [-0.2, 0) is 7.05 Å². The predicted molar refractivity (Wildman–Crippen MR) is 65.0 cm³/mol. The van der Waals surface area contributed by atoms with E-state index in [0.29, 0.717) is 12.1 Å². The second-order valence-corrected chi connectivity index (χ2v) is 5.00. The van der Waals surface area contributed by atoms with E-state index in [0.717, 1.165) is 0 Å². The number of aryl methyl sites for hydroxylation is 1. The molecular weight excluding hydrogens is 200 g/mol. The smallest absolute Gasteiger partial charge is 0.0538 e. The summed E-state index contributed by atoms with van der Waals surface area (Å²) in [5.41, 5.74) is 7.35. The fourth-order valence-corrected chi connectivity index (χ4v) is 2.52. The standard InChI is InChI=1S/C12H22N4/c1-9(13)12(10-7-14-15(2)8-10)16(3)11-5-4-6-11/h7-9,11-12H,4-6,13H2,1-3H3. The number of rotatable bonds is 4. The highest BCUT2D eigenvalue weighted by molar-refractivity contribution is 5.13. The Morgan fingerprint density at radius 2 is 2.25 bits per heavy atom. The Hall–Kier alpha value is -0.870. The molecule has 1 aromatic rings. The molecule has 0 spiro atoms. The van der Waals surface area contributed by atoms with Crippen LogP contribution in [-0.4, -0.2) is 33.8 Å². The van der Waals surface area contributed by atoms with Crippen LogP contribution in [0, 0.1) is 0 Å². The maximum Gasteiger partial charge on any atom is 0.0538 e. The summed E-state index contributed by atoms with van der Waals surface area (Å²) >= 11 is 0. The van der Waals surface area contributed by atoms with Crippen molar-refractivity contribution < 1.29 is 0 Å². The molecule has 0 radical (unpaired) electrons. The molecule has 1 aliphatic rings. The number of nitrogens with zero attached hydrogens (tertiary/aromatic N) is 3. The fraction of sp³-hybridized carbons (Fsp3) is 0.750.